The summed E-state index contributed by atoms with van der Waals surface area (Å²) in [7, 11) is 0. The minimum atomic E-state index is -0.841. The molecule has 16 heteroatoms. The van der Waals surface area contributed by atoms with Crippen LogP contribution in [-0.4, -0.2) is 64.1 Å². The lowest BCUT2D eigenvalue weighted by Crippen LogP contribution is -2.51. The summed E-state index contributed by atoms with van der Waals surface area (Å²) in [4.78, 5) is 46.5. The van der Waals surface area contributed by atoms with E-state index in [0.717, 1.165) is 63.8 Å². The predicted octanol–water partition coefficient (Wildman–Crippen LogP) is 8.41. The summed E-state index contributed by atoms with van der Waals surface area (Å²) in [6, 6.07) is 7.66. The van der Waals surface area contributed by atoms with Crippen LogP contribution in [0.2, 0.25) is 0 Å². The molecule has 6 aromatic heterocycles. The van der Waals surface area contributed by atoms with Gasteiger partial charge in [0, 0.05) is 46.4 Å². The van der Waals surface area contributed by atoms with E-state index in [1.54, 1.807) is 12.4 Å². The van der Waals surface area contributed by atoms with Crippen LogP contribution in [0.5, 0.6) is 0 Å². The number of pyridine rings is 4. The highest BCUT2D eigenvalue weighted by Gasteiger charge is 2.49. The second kappa shape index (κ2) is 15.0. The first-order chi connectivity index (χ1) is 28.0. The van der Waals surface area contributed by atoms with Crippen molar-refractivity contribution in [1.82, 2.24) is 29.9 Å². The zero-order chi connectivity index (χ0) is 40.2. The molecule has 6 saturated carbocycles. The van der Waals surface area contributed by atoms with E-state index in [1.165, 1.54) is 36.4 Å². The van der Waals surface area contributed by atoms with Gasteiger partial charge in [0.1, 0.15) is 22.9 Å². The molecule has 6 fully saturated rings. The molecule has 0 saturated heterocycles. The molecule has 6 N–H and O–H groups in total. The largest absolute Gasteiger partial charge is 0.481 e. The van der Waals surface area contributed by atoms with Crippen molar-refractivity contribution in [3.05, 3.63) is 84.5 Å². The van der Waals surface area contributed by atoms with Crippen LogP contribution in [-0.2, 0) is 9.59 Å². The SMILES string of the molecule is O=C(O)[C@@H]1C2CCC(CC2)[C@H]1Nc1nc(-c2c[nH]c3ncc(F)cc23)ccc1F.O=C(O)[C@H]1C2CCC(CC2)[C@@H]1Nc1nc(-c2c[nH]c3ncc(F)cc23)ccc1F. The third-order valence-corrected chi connectivity index (χ3v) is 12.9. The Morgan fingerprint density at radius 2 is 0.966 bits per heavy atom. The maximum Gasteiger partial charge on any atom is 0.308 e. The van der Waals surface area contributed by atoms with Crippen molar-refractivity contribution < 1.29 is 37.4 Å². The molecule has 6 aromatic rings. The van der Waals surface area contributed by atoms with Gasteiger partial charge in [0.2, 0.25) is 0 Å². The summed E-state index contributed by atoms with van der Waals surface area (Å²) in [5, 5.41) is 26.8. The third-order valence-electron chi connectivity index (χ3n) is 12.9. The summed E-state index contributed by atoms with van der Waals surface area (Å²) in [5.41, 5.74) is 3.15. The van der Waals surface area contributed by atoms with Gasteiger partial charge in [-0.25, -0.2) is 37.5 Å². The molecule has 4 atom stereocenters. The number of H-pyrrole nitrogens is 2. The maximum atomic E-state index is 14.6. The number of hydrogen-bond acceptors (Lipinski definition) is 8. The standard InChI is InChI=1S/2C21H20F2N4O2/c2*22-12-7-13-14(9-25-19(13)24-8-12)16-6-5-15(23)20(26-16)27-18-11-3-1-10(2-4-11)17(18)21(28)29/h2*5-11,17-18H,1-4H2,(H,24,25)(H,26,27)(H,28,29)/t2*10?,11?,17-,18-/m10/s1. The number of halogens is 4. The minimum Gasteiger partial charge on any atom is -0.481 e. The van der Waals surface area contributed by atoms with Gasteiger partial charge in [0.25, 0.3) is 0 Å². The van der Waals surface area contributed by atoms with Crippen molar-refractivity contribution >= 4 is 45.6 Å². The first-order valence-corrected chi connectivity index (χ1v) is 19.6. The molecule has 6 aliphatic rings. The fraction of sp³-hybridized carbons (Fsp3) is 0.381. The molecule has 58 heavy (non-hydrogen) atoms. The molecule has 4 bridgehead atoms. The molecule has 300 valence electrons. The van der Waals surface area contributed by atoms with E-state index < -0.39 is 47.0 Å². The minimum absolute atomic E-state index is 0.0324. The number of anilines is 2. The van der Waals surface area contributed by atoms with Gasteiger partial charge in [-0.05, 0) is 111 Å². The van der Waals surface area contributed by atoms with Gasteiger partial charge < -0.3 is 30.8 Å². The molecule has 12 nitrogen and oxygen atoms in total. The zero-order valence-electron chi connectivity index (χ0n) is 31.1. The highest BCUT2D eigenvalue weighted by Crippen LogP contribution is 2.48. The Morgan fingerprint density at radius 3 is 1.34 bits per heavy atom. The number of aromatic amines is 2. The highest BCUT2D eigenvalue weighted by atomic mass is 19.1. The first kappa shape index (κ1) is 37.5. The number of carboxylic acid groups (broad SMARTS) is 2. The molecular weight excluding hydrogens is 757 g/mol. The van der Waals surface area contributed by atoms with Gasteiger partial charge in [-0.3, -0.25) is 9.59 Å². The van der Waals surface area contributed by atoms with Crippen LogP contribution in [0.15, 0.2) is 61.2 Å². The lowest BCUT2D eigenvalue weighted by molar-refractivity contribution is -0.149. The number of carboxylic acids is 2. The smallest absolute Gasteiger partial charge is 0.308 e. The Morgan fingerprint density at radius 1 is 0.586 bits per heavy atom. The van der Waals surface area contributed by atoms with E-state index in [2.05, 4.69) is 40.5 Å². The lowest BCUT2D eigenvalue weighted by Gasteiger charge is -2.47. The average Bonchev–Trinajstić information content (AvgIpc) is 3.84. The molecule has 0 unspecified atom stereocenters. The molecule has 0 aromatic carbocycles. The average molecular weight is 797 g/mol. The van der Waals surface area contributed by atoms with Crippen molar-refractivity contribution in [2.24, 2.45) is 35.5 Å². The van der Waals surface area contributed by atoms with Gasteiger partial charge in [-0.2, -0.15) is 0 Å². The summed E-state index contributed by atoms with van der Waals surface area (Å²) in [6.07, 6.45) is 13.0. The Hall–Kier alpha value is -6.06. The van der Waals surface area contributed by atoms with Gasteiger partial charge in [-0.1, -0.05) is 0 Å². The van der Waals surface area contributed by atoms with Gasteiger partial charge in [0.05, 0.1) is 35.6 Å². The molecule has 6 aliphatic carbocycles. The van der Waals surface area contributed by atoms with E-state index in [4.69, 9.17) is 0 Å². The maximum absolute atomic E-state index is 14.6. The van der Waals surface area contributed by atoms with Crippen molar-refractivity contribution in [2.45, 2.75) is 63.5 Å². The van der Waals surface area contributed by atoms with Crippen molar-refractivity contribution in [1.29, 1.82) is 0 Å². The van der Waals surface area contributed by atoms with Gasteiger partial charge >= 0.3 is 11.9 Å². The fourth-order valence-corrected chi connectivity index (χ4v) is 10.1. The van der Waals surface area contributed by atoms with Gasteiger partial charge in [0.15, 0.2) is 23.3 Å². The molecule has 6 heterocycles. The zero-order valence-corrected chi connectivity index (χ0v) is 31.1. The molecule has 0 aliphatic heterocycles. The second-order valence-electron chi connectivity index (χ2n) is 16.0. The van der Waals surface area contributed by atoms with E-state index in [0.29, 0.717) is 44.6 Å². The number of aliphatic carboxylic acids is 2. The van der Waals surface area contributed by atoms with Crippen LogP contribution < -0.4 is 10.6 Å². The summed E-state index contributed by atoms with van der Waals surface area (Å²) < 4.78 is 56.4. The Balaban J connectivity index is 0.000000150. The van der Waals surface area contributed by atoms with Crippen LogP contribution in [0, 0.1) is 58.8 Å². The van der Waals surface area contributed by atoms with Crippen molar-refractivity contribution in [3.63, 3.8) is 0 Å². The van der Waals surface area contributed by atoms with Crippen LogP contribution in [0.3, 0.4) is 0 Å². The number of rotatable bonds is 8. The lowest BCUT2D eigenvalue weighted by atomic mass is 9.61. The molecule has 0 spiro atoms. The van der Waals surface area contributed by atoms with Crippen molar-refractivity contribution in [3.8, 4) is 22.5 Å². The number of nitrogens with one attached hydrogen (secondary N) is 4. The van der Waals surface area contributed by atoms with Crippen LogP contribution in [0.4, 0.5) is 29.2 Å². The van der Waals surface area contributed by atoms with E-state index in [1.807, 2.05) is 0 Å². The predicted molar refractivity (Wildman–Crippen MR) is 206 cm³/mol. The summed E-state index contributed by atoms with van der Waals surface area (Å²) in [6.45, 7) is 0. The Bertz CT molecular complexity index is 2360. The topological polar surface area (TPSA) is 182 Å². The number of nitrogens with zero attached hydrogens (tertiary/aromatic N) is 4. The summed E-state index contributed by atoms with van der Waals surface area (Å²) >= 11 is 0. The summed E-state index contributed by atoms with van der Waals surface area (Å²) in [5.74, 6) is -4.11. The number of aromatic nitrogens is 6. The van der Waals surface area contributed by atoms with E-state index in [9.17, 15) is 37.4 Å². The molecule has 12 rings (SSSR count). The first-order valence-electron chi connectivity index (χ1n) is 19.6. The highest BCUT2D eigenvalue weighted by molar-refractivity contribution is 5.93. The molecular formula is C42H40F4N8O4. The van der Waals surface area contributed by atoms with Crippen LogP contribution >= 0.6 is 0 Å². The van der Waals surface area contributed by atoms with Crippen molar-refractivity contribution in [2.75, 3.05) is 10.6 Å². The van der Waals surface area contributed by atoms with E-state index >= 15 is 0 Å². The second-order valence-corrected chi connectivity index (χ2v) is 16.0. The van der Waals surface area contributed by atoms with Gasteiger partial charge in [-0.15, -0.1) is 0 Å². The quantitative estimate of drug-likeness (QED) is 0.0819. The van der Waals surface area contributed by atoms with Crippen LogP contribution in [0.1, 0.15) is 51.4 Å². The number of carbonyl (C=O) groups is 2. The monoisotopic (exact) mass is 796 g/mol. The normalized spacial score (nSPS) is 26.0. The third kappa shape index (κ3) is 6.87. The Kier molecular flexibility index (Phi) is 9.72. The molecule has 0 amide bonds. The van der Waals surface area contributed by atoms with Crippen LogP contribution in [0.25, 0.3) is 44.6 Å². The number of fused-ring (bicyclic) bond motifs is 8. The fourth-order valence-electron chi connectivity index (χ4n) is 10.1. The Labute approximate surface area is 328 Å². The molecule has 0 radical (unpaired) electrons. The van der Waals surface area contributed by atoms with E-state index in [-0.39, 0.29) is 47.4 Å². The number of hydrogen-bond donors (Lipinski definition) is 6.